The van der Waals surface area contributed by atoms with E-state index in [0.717, 1.165) is 19.3 Å². The topological polar surface area (TPSA) is 0 Å². The summed E-state index contributed by atoms with van der Waals surface area (Å²) in [4.78, 5) is 0. The van der Waals surface area contributed by atoms with Gasteiger partial charge in [-0.1, -0.05) is 82.1 Å². The molecule has 0 aliphatic rings. The summed E-state index contributed by atoms with van der Waals surface area (Å²) in [6.45, 7) is 31.9. The van der Waals surface area contributed by atoms with Crippen molar-refractivity contribution in [2.75, 3.05) is 0 Å². The van der Waals surface area contributed by atoms with Crippen LogP contribution in [-0.4, -0.2) is 0 Å². The molecule has 158 valence electrons. The Balaban J connectivity index is -0.0000000422. The Morgan fingerprint density at radius 1 is 0.679 bits per heavy atom. The minimum absolute atomic E-state index is 0. The second kappa shape index (κ2) is 56.4. The van der Waals surface area contributed by atoms with E-state index < -0.39 is 0 Å². The van der Waals surface area contributed by atoms with Crippen LogP contribution < -0.4 is 0 Å². The first-order valence-electron chi connectivity index (χ1n) is 10.1. The van der Waals surface area contributed by atoms with E-state index in [1.165, 1.54) is 12.8 Å². The molecular formula is C26H50Zn2. The average Bonchev–Trinajstić information content (AvgIpc) is 2.72. The van der Waals surface area contributed by atoms with Gasteiger partial charge in [-0.15, -0.1) is 6.58 Å². The van der Waals surface area contributed by atoms with Crippen molar-refractivity contribution in [3.8, 4) is 0 Å². The van der Waals surface area contributed by atoms with Gasteiger partial charge in [0, 0.05) is 0 Å². The molecule has 0 rings (SSSR count). The van der Waals surface area contributed by atoms with Crippen LogP contribution >= 0.6 is 0 Å². The third kappa shape index (κ3) is 72.0. The summed E-state index contributed by atoms with van der Waals surface area (Å²) in [7, 11) is 0. The first kappa shape index (κ1) is 46.4. The predicted molar refractivity (Wildman–Crippen MR) is 129 cm³/mol. The summed E-state index contributed by atoms with van der Waals surface area (Å²) < 4.78 is 0. The Hall–Kier alpha value is 0.207. The van der Waals surface area contributed by atoms with Gasteiger partial charge in [-0.2, -0.15) is 25.7 Å². The Labute approximate surface area is 207 Å². The molecule has 0 spiro atoms. The van der Waals surface area contributed by atoms with E-state index in [9.17, 15) is 0 Å². The maximum Gasteiger partial charge on any atom is 2.00 e. The van der Waals surface area contributed by atoms with Crippen LogP contribution in [0.4, 0.5) is 0 Å². The zero-order valence-corrected chi connectivity index (χ0v) is 26.6. The Kier molecular flexibility index (Phi) is 93.5. The molecule has 0 aromatic carbocycles. The van der Waals surface area contributed by atoms with E-state index >= 15 is 0 Å². The van der Waals surface area contributed by atoms with Crippen LogP contribution in [0.1, 0.15) is 80.6 Å². The molecule has 2 atom stereocenters. The average molecular weight is 493 g/mol. The fourth-order valence-corrected chi connectivity index (χ4v) is 1.22. The van der Waals surface area contributed by atoms with Gasteiger partial charge in [-0.25, -0.2) is 0 Å². The van der Waals surface area contributed by atoms with Crippen LogP contribution in [0.25, 0.3) is 0 Å². The van der Waals surface area contributed by atoms with Crippen molar-refractivity contribution in [1.82, 2.24) is 0 Å². The van der Waals surface area contributed by atoms with Gasteiger partial charge in [-0.3, -0.25) is 0 Å². The summed E-state index contributed by atoms with van der Waals surface area (Å²) in [6, 6.07) is 0. The molecule has 2 unspecified atom stereocenters. The van der Waals surface area contributed by atoms with E-state index in [1.54, 1.807) is 13.8 Å². The Morgan fingerprint density at radius 2 is 0.964 bits per heavy atom. The minimum Gasteiger partial charge on any atom is -0.346 e. The Morgan fingerprint density at radius 3 is 1.11 bits per heavy atom. The van der Waals surface area contributed by atoms with E-state index in [0.29, 0.717) is 11.8 Å². The molecule has 0 bridgehead atoms. The molecular weight excluding hydrogens is 443 g/mol. The number of hydrogen-bond donors (Lipinski definition) is 0. The molecule has 0 N–H and O–H groups in total. The predicted octanol–water partition coefficient (Wildman–Crippen LogP) is 9.44. The molecule has 0 nitrogen and oxygen atoms in total. The third-order valence-electron chi connectivity index (χ3n) is 3.10. The van der Waals surface area contributed by atoms with Gasteiger partial charge < -0.3 is 27.7 Å². The summed E-state index contributed by atoms with van der Waals surface area (Å²) in [5, 5.41) is 0. The van der Waals surface area contributed by atoms with Gasteiger partial charge >= 0.3 is 39.0 Å². The van der Waals surface area contributed by atoms with Gasteiger partial charge in [0.15, 0.2) is 0 Å². The van der Waals surface area contributed by atoms with Crippen molar-refractivity contribution < 1.29 is 39.0 Å². The van der Waals surface area contributed by atoms with E-state index in [-0.39, 0.29) is 39.0 Å². The largest absolute Gasteiger partial charge is 2.00 e. The van der Waals surface area contributed by atoms with Crippen molar-refractivity contribution in [2.45, 2.75) is 80.6 Å². The van der Waals surface area contributed by atoms with Gasteiger partial charge in [0.05, 0.1) is 0 Å². The van der Waals surface area contributed by atoms with Crippen LogP contribution in [0.15, 0.2) is 49.1 Å². The first-order valence-corrected chi connectivity index (χ1v) is 10.1. The van der Waals surface area contributed by atoms with Gasteiger partial charge in [0.25, 0.3) is 0 Å². The smallest absolute Gasteiger partial charge is 0.346 e. The summed E-state index contributed by atoms with van der Waals surface area (Å²) >= 11 is 0. The van der Waals surface area contributed by atoms with Gasteiger partial charge in [-0.05, 0) is 27.2 Å². The monoisotopic (exact) mass is 490 g/mol. The van der Waals surface area contributed by atoms with Crippen LogP contribution in [0.5, 0.6) is 0 Å². The van der Waals surface area contributed by atoms with Crippen LogP contribution in [0, 0.1) is 39.5 Å². The van der Waals surface area contributed by atoms with Crippen molar-refractivity contribution in [1.29, 1.82) is 0 Å². The number of rotatable bonds is 8. The minimum atomic E-state index is 0. The maximum absolute atomic E-state index is 3.94. The summed E-state index contributed by atoms with van der Waals surface area (Å²) in [5.74, 6) is 1.23. The fraction of sp³-hybridized carbons (Fsp3) is 0.538. The molecule has 0 aliphatic carbocycles. The molecule has 28 heavy (non-hydrogen) atoms. The second-order valence-electron chi connectivity index (χ2n) is 5.25. The third-order valence-corrected chi connectivity index (χ3v) is 3.10. The van der Waals surface area contributed by atoms with Crippen molar-refractivity contribution in [3.63, 3.8) is 0 Å². The first-order chi connectivity index (χ1) is 12.5. The van der Waals surface area contributed by atoms with Gasteiger partial charge in [0.2, 0.25) is 0 Å². The molecule has 2 heteroatoms. The van der Waals surface area contributed by atoms with E-state index in [2.05, 4.69) is 78.5 Å². The second-order valence-corrected chi connectivity index (χ2v) is 5.25. The standard InChI is InChI=1S/2C8H15.C6H10.2C2H5.2Zn/c2*1-4-6-7-8(3)5-2;1-3-5-6-4-2;2*1-2;;/h2*4,6,8H,3,5,7H2,1-2H3;3-4,6H,1,5H2,2H3;2*1H2,2H3;;/q2*-1;;2*-1;2*+2/b3*6-4+;;;;. The molecule has 0 aliphatic heterocycles. The van der Waals surface area contributed by atoms with Crippen molar-refractivity contribution >= 4 is 0 Å². The maximum atomic E-state index is 3.94. The van der Waals surface area contributed by atoms with Crippen LogP contribution in [0.2, 0.25) is 0 Å². The van der Waals surface area contributed by atoms with Gasteiger partial charge in [0.1, 0.15) is 0 Å². The molecule has 0 amide bonds. The number of allylic oxidation sites excluding steroid dienone is 7. The zero-order chi connectivity index (χ0) is 21.6. The molecule has 0 saturated carbocycles. The van der Waals surface area contributed by atoms with Crippen LogP contribution in [-0.2, 0) is 39.0 Å². The van der Waals surface area contributed by atoms with Crippen molar-refractivity contribution in [2.24, 2.45) is 11.8 Å². The van der Waals surface area contributed by atoms with Crippen molar-refractivity contribution in [3.05, 3.63) is 76.8 Å². The molecule has 0 fully saturated rings. The SMILES string of the molecule is C=CC/C=C/C.[CH2-]C.[CH2-]C.[CH2-]C(CC)C/C=C/C.[CH2-]C(CC)C/C=C/C.[Zn+2].[Zn+2]. The van der Waals surface area contributed by atoms with E-state index in [4.69, 9.17) is 0 Å². The molecule has 0 aromatic heterocycles. The molecule has 0 radical (unpaired) electrons. The Bertz CT molecular complexity index is 258. The van der Waals surface area contributed by atoms with Crippen LogP contribution in [0.3, 0.4) is 0 Å². The molecule has 0 heterocycles. The summed E-state index contributed by atoms with van der Waals surface area (Å²) in [6.07, 6.45) is 20.1. The molecule has 0 aromatic rings. The van der Waals surface area contributed by atoms with E-state index in [1.807, 2.05) is 32.9 Å². The normalized spacial score (nSPS) is 11.0. The zero-order valence-electron chi connectivity index (χ0n) is 20.7. The summed E-state index contributed by atoms with van der Waals surface area (Å²) in [5.41, 5.74) is 0. The quantitative estimate of drug-likeness (QED) is 0.179. The number of hydrogen-bond acceptors (Lipinski definition) is 0. The fourth-order valence-electron chi connectivity index (χ4n) is 1.22. The molecule has 0 saturated heterocycles.